The van der Waals surface area contributed by atoms with Gasteiger partial charge in [0.1, 0.15) is 0 Å². The molecule has 7 heteroatoms. The molecule has 0 saturated carbocycles. The second-order valence-electron chi connectivity index (χ2n) is 2.44. The maximum absolute atomic E-state index is 10.1. The van der Waals surface area contributed by atoms with Gasteiger partial charge in [-0.2, -0.15) is 0 Å². The van der Waals surface area contributed by atoms with E-state index in [-0.39, 0.29) is 0 Å². The zero-order valence-electron chi connectivity index (χ0n) is 7.40. The van der Waals surface area contributed by atoms with E-state index in [0.29, 0.717) is 10.4 Å². The Bertz CT molecular complexity index is 397. The van der Waals surface area contributed by atoms with Gasteiger partial charge in [0, 0.05) is 17.0 Å². The van der Waals surface area contributed by atoms with Crippen molar-refractivity contribution in [2.75, 3.05) is 0 Å². The molecule has 0 saturated heterocycles. The largest absolute Gasteiger partial charge is 0.259 e. The predicted molar refractivity (Wildman–Crippen MR) is 56.4 cm³/mol. The van der Waals surface area contributed by atoms with Crippen molar-refractivity contribution in [1.82, 2.24) is 0 Å². The highest BCUT2D eigenvalue weighted by atomic mass is 32.1. The summed E-state index contributed by atoms with van der Waals surface area (Å²) in [4.78, 5) is 19.6. The molecule has 6 nitrogen and oxygen atoms in total. The zero-order chi connectivity index (χ0) is 11.3. The number of rotatable bonds is 4. The molecule has 0 aliphatic heterocycles. The summed E-state index contributed by atoms with van der Waals surface area (Å²) in [5.74, 6) is 0. The van der Waals surface area contributed by atoms with Gasteiger partial charge in [0.25, 0.3) is 0 Å². The molecule has 78 valence electrons. The van der Waals surface area contributed by atoms with Crippen molar-refractivity contribution in [2.24, 2.45) is 0 Å². The number of nitro groups is 2. The standard InChI is InChI=1S/C8H6N2O4S/c11-9(12)4-1-7-3-6-15-8(7)2-5-10(13)14/h1-6H. The third kappa shape index (κ3) is 3.69. The lowest BCUT2D eigenvalue weighted by Gasteiger charge is -1.87. The maximum atomic E-state index is 10.1. The van der Waals surface area contributed by atoms with E-state index in [2.05, 4.69) is 0 Å². The fourth-order valence-electron chi connectivity index (χ4n) is 0.874. The van der Waals surface area contributed by atoms with E-state index in [1.165, 1.54) is 23.5 Å². The van der Waals surface area contributed by atoms with E-state index in [1.807, 2.05) is 0 Å². The van der Waals surface area contributed by atoms with Crippen LogP contribution in [-0.4, -0.2) is 9.85 Å². The van der Waals surface area contributed by atoms with E-state index in [1.54, 1.807) is 11.4 Å². The van der Waals surface area contributed by atoms with Crippen LogP contribution >= 0.6 is 11.3 Å². The van der Waals surface area contributed by atoms with Crippen LogP contribution in [-0.2, 0) is 0 Å². The molecule has 1 rings (SSSR count). The van der Waals surface area contributed by atoms with Crippen LogP contribution in [0.1, 0.15) is 10.4 Å². The van der Waals surface area contributed by atoms with Gasteiger partial charge in [-0.3, -0.25) is 20.2 Å². The summed E-state index contributed by atoms with van der Waals surface area (Å²) in [6.45, 7) is 0. The van der Waals surface area contributed by atoms with Crippen LogP contribution in [0.3, 0.4) is 0 Å². The summed E-state index contributed by atoms with van der Waals surface area (Å²) in [7, 11) is 0. The number of hydrogen-bond acceptors (Lipinski definition) is 5. The van der Waals surface area contributed by atoms with Crippen LogP contribution in [0.5, 0.6) is 0 Å². The minimum Gasteiger partial charge on any atom is -0.259 e. The van der Waals surface area contributed by atoms with Crippen LogP contribution in [0, 0.1) is 20.2 Å². The molecule has 1 aromatic heterocycles. The molecular formula is C8H6N2O4S. The SMILES string of the molecule is O=[N+]([O-])C=Cc1ccsc1C=C[N+](=O)[O-]. The Morgan fingerprint density at radius 2 is 1.73 bits per heavy atom. The molecule has 0 atom stereocenters. The Morgan fingerprint density at radius 3 is 2.33 bits per heavy atom. The molecule has 1 aromatic rings. The molecule has 0 fully saturated rings. The van der Waals surface area contributed by atoms with Gasteiger partial charge >= 0.3 is 0 Å². The molecule has 0 radical (unpaired) electrons. The van der Waals surface area contributed by atoms with Crippen molar-refractivity contribution in [3.8, 4) is 0 Å². The van der Waals surface area contributed by atoms with E-state index in [0.717, 1.165) is 12.4 Å². The molecule has 0 spiro atoms. The van der Waals surface area contributed by atoms with Crippen molar-refractivity contribution in [3.05, 3.63) is 54.5 Å². The Balaban J connectivity index is 2.87. The molecular weight excluding hydrogens is 220 g/mol. The summed E-state index contributed by atoms with van der Waals surface area (Å²) < 4.78 is 0. The fraction of sp³-hybridized carbons (Fsp3) is 0. The highest BCUT2D eigenvalue weighted by Gasteiger charge is 2.00. The molecule has 1 heterocycles. The smallest absolute Gasteiger partial charge is 0.235 e. The highest BCUT2D eigenvalue weighted by Crippen LogP contribution is 2.19. The average molecular weight is 226 g/mol. The Labute approximate surface area is 88.5 Å². The van der Waals surface area contributed by atoms with E-state index in [4.69, 9.17) is 0 Å². The van der Waals surface area contributed by atoms with Gasteiger partial charge in [0.2, 0.25) is 12.4 Å². The van der Waals surface area contributed by atoms with Gasteiger partial charge < -0.3 is 0 Å². The second kappa shape index (κ2) is 5.01. The first-order chi connectivity index (χ1) is 7.09. The second-order valence-corrected chi connectivity index (χ2v) is 3.39. The molecule has 0 bridgehead atoms. The van der Waals surface area contributed by atoms with Crippen molar-refractivity contribution in [2.45, 2.75) is 0 Å². The predicted octanol–water partition coefficient (Wildman–Crippen LogP) is 2.24. The molecule has 0 N–H and O–H groups in total. The third-order valence-electron chi connectivity index (χ3n) is 1.45. The maximum Gasteiger partial charge on any atom is 0.235 e. The van der Waals surface area contributed by atoms with Crippen molar-refractivity contribution >= 4 is 23.5 Å². The number of nitrogens with zero attached hydrogens (tertiary/aromatic N) is 2. The van der Waals surface area contributed by atoms with Crippen LogP contribution in [0.2, 0.25) is 0 Å². The van der Waals surface area contributed by atoms with Crippen LogP contribution < -0.4 is 0 Å². The molecule has 0 amide bonds. The molecule has 0 aliphatic rings. The minimum atomic E-state index is -0.585. The number of hydrogen-bond donors (Lipinski definition) is 0. The highest BCUT2D eigenvalue weighted by molar-refractivity contribution is 7.11. The van der Waals surface area contributed by atoms with Gasteiger partial charge in [-0.05, 0) is 17.0 Å². The lowest BCUT2D eigenvalue weighted by atomic mass is 10.2. The number of thiophene rings is 1. The molecule has 0 aliphatic carbocycles. The Morgan fingerprint density at radius 1 is 1.13 bits per heavy atom. The van der Waals surface area contributed by atoms with Gasteiger partial charge in [-0.15, -0.1) is 11.3 Å². The van der Waals surface area contributed by atoms with E-state index >= 15 is 0 Å². The minimum absolute atomic E-state index is 0.583. The Kier molecular flexibility index (Phi) is 3.69. The zero-order valence-corrected chi connectivity index (χ0v) is 8.22. The van der Waals surface area contributed by atoms with Crippen molar-refractivity contribution in [1.29, 1.82) is 0 Å². The summed E-state index contributed by atoms with van der Waals surface area (Å²) in [5, 5.41) is 21.8. The van der Waals surface area contributed by atoms with Crippen molar-refractivity contribution in [3.63, 3.8) is 0 Å². The molecule has 15 heavy (non-hydrogen) atoms. The first kappa shape index (κ1) is 11.1. The van der Waals surface area contributed by atoms with Crippen LogP contribution in [0.25, 0.3) is 12.2 Å². The van der Waals surface area contributed by atoms with Gasteiger partial charge in [0.15, 0.2) is 0 Å². The molecule has 0 unspecified atom stereocenters. The summed E-state index contributed by atoms with van der Waals surface area (Å²) in [6.07, 6.45) is 4.21. The van der Waals surface area contributed by atoms with Gasteiger partial charge in [-0.1, -0.05) is 0 Å². The average Bonchev–Trinajstić information content (AvgIpc) is 2.58. The molecule has 0 aromatic carbocycles. The first-order valence-corrected chi connectivity index (χ1v) is 4.68. The van der Waals surface area contributed by atoms with E-state index in [9.17, 15) is 20.2 Å². The fourth-order valence-corrected chi connectivity index (χ4v) is 1.65. The quantitative estimate of drug-likeness (QED) is 0.581. The van der Waals surface area contributed by atoms with Crippen LogP contribution in [0.4, 0.5) is 0 Å². The topological polar surface area (TPSA) is 86.3 Å². The normalized spacial score (nSPS) is 11.2. The third-order valence-corrected chi connectivity index (χ3v) is 2.35. The first-order valence-electron chi connectivity index (χ1n) is 3.80. The Hall–Kier alpha value is -2.02. The lowest BCUT2D eigenvalue weighted by molar-refractivity contribution is -0.401. The monoisotopic (exact) mass is 226 g/mol. The van der Waals surface area contributed by atoms with Crippen LogP contribution in [0.15, 0.2) is 23.8 Å². The summed E-state index contributed by atoms with van der Waals surface area (Å²) >= 11 is 1.28. The lowest BCUT2D eigenvalue weighted by Crippen LogP contribution is -1.83. The van der Waals surface area contributed by atoms with Crippen molar-refractivity contribution < 1.29 is 9.85 Å². The summed E-state index contributed by atoms with van der Waals surface area (Å²) in [5.41, 5.74) is 0.592. The van der Waals surface area contributed by atoms with Gasteiger partial charge in [0.05, 0.1) is 9.85 Å². The van der Waals surface area contributed by atoms with E-state index < -0.39 is 9.85 Å². The van der Waals surface area contributed by atoms with Gasteiger partial charge in [-0.25, -0.2) is 0 Å². The summed E-state index contributed by atoms with van der Waals surface area (Å²) in [6, 6.07) is 1.66.